The SMILES string of the molecule is CN(C(CCc1ccccc1)C(=O)NO)S(=O)(=O)N1CCN(c2ccc(Cl)cn2)CC1. The second kappa shape index (κ2) is 10.4. The van der Waals surface area contributed by atoms with Gasteiger partial charge in [-0.2, -0.15) is 17.0 Å². The molecule has 0 spiro atoms. The molecular formula is C20H26ClN5O4S. The van der Waals surface area contributed by atoms with Crippen LogP contribution in [0.5, 0.6) is 0 Å². The summed E-state index contributed by atoms with van der Waals surface area (Å²) in [5.41, 5.74) is 2.58. The van der Waals surface area contributed by atoms with Gasteiger partial charge in [0.25, 0.3) is 16.1 Å². The molecule has 0 aliphatic carbocycles. The van der Waals surface area contributed by atoms with Crippen LogP contribution in [0.25, 0.3) is 0 Å². The van der Waals surface area contributed by atoms with E-state index < -0.39 is 22.2 Å². The average Bonchev–Trinajstić information content (AvgIpc) is 2.80. The molecule has 1 unspecified atom stereocenters. The van der Waals surface area contributed by atoms with Crippen molar-refractivity contribution in [3.63, 3.8) is 0 Å². The third-order valence-corrected chi connectivity index (χ3v) is 7.59. The van der Waals surface area contributed by atoms with Crippen LogP contribution in [0.2, 0.25) is 5.02 Å². The Morgan fingerprint density at radius 1 is 1.19 bits per heavy atom. The fraction of sp³-hybridized carbons (Fsp3) is 0.400. The van der Waals surface area contributed by atoms with Crippen LogP contribution in [0.1, 0.15) is 12.0 Å². The number of amides is 1. The van der Waals surface area contributed by atoms with Crippen LogP contribution < -0.4 is 10.4 Å². The molecule has 11 heteroatoms. The van der Waals surface area contributed by atoms with E-state index in [9.17, 15) is 13.2 Å². The standard InChI is InChI=1S/C20H26ClN5O4S/c1-24(18(20(27)23-28)9-7-16-5-3-2-4-6-16)31(29,30)26-13-11-25(12-14-26)19-10-8-17(21)15-22-19/h2-6,8,10,15,18,28H,7,9,11-14H2,1H3,(H,23,27). The molecule has 0 radical (unpaired) electrons. The van der Waals surface area contributed by atoms with E-state index in [-0.39, 0.29) is 19.5 Å². The lowest BCUT2D eigenvalue weighted by Gasteiger charge is -2.37. The van der Waals surface area contributed by atoms with Gasteiger partial charge in [0, 0.05) is 39.4 Å². The molecule has 1 atom stereocenters. The third kappa shape index (κ3) is 5.72. The van der Waals surface area contributed by atoms with Gasteiger partial charge in [-0.15, -0.1) is 0 Å². The largest absolute Gasteiger partial charge is 0.354 e. The van der Waals surface area contributed by atoms with Gasteiger partial charge in [-0.1, -0.05) is 41.9 Å². The number of benzene rings is 1. The fourth-order valence-electron chi connectivity index (χ4n) is 3.55. The predicted octanol–water partition coefficient (Wildman–Crippen LogP) is 1.54. The monoisotopic (exact) mass is 467 g/mol. The molecule has 2 aromatic rings. The number of pyridine rings is 1. The molecule has 168 valence electrons. The summed E-state index contributed by atoms with van der Waals surface area (Å²) in [5, 5.41) is 9.69. The highest BCUT2D eigenvalue weighted by molar-refractivity contribution is 7.86. The summed E-state index contributed by atoms with van der Waals surface area (Å²) in [6.45, 7) is 1.43. The number of anilines is 1. The van der Waals surface area contributed by atoms with E-state index in [0.717, 1.165) is 15.7 Å². The number of piperazine rings is 1. The maximum Gasteiger partial charge on any atom is 0.282 e. The summed E-state index contributed by atoms with van der Waals surface area (Å²) >= 11 is 5.88. The Morgan fingerprint density at radius 3 is 2.45 bits per heavy atom. The molecule has 31 heavy (non-hydrogen) atoms. The number of aromatic nitrogens is 1. The number of hydroxylamine groups is 1. The zero-order chi connectivity index (χ0) is 22.4. The minimum absolute atomic E-state index is 0.237. The maximum absolute atomic E-state index is 13.2. The van der Waals surface area contributed by atoms with Crippen molar-refractivity contribution in [2.24, 2.45) is 0 Å². The second-order valence-corrected chi connectivity index (χ2v) is 9.69. The lowest BCUT2D eigenvalue weighted by atomic mass is 10.1. The van der Waals surface area contributed by atoms with Crippen LogP contribution in [0, 0.1) is 0 Å². The number of carbonyl (C=O) groups is 1. The van der Waals surface area contributed by atoms with Crippen LogP contribution in [0.15, 0.2) is 48.7 Å². The van der Waals surface area contributed by atoms with Crippen molar-refractivity contribution in [3.05, 3.63) is 59.2 Å². The highest BCUT2D eigenvalue weighted by Crippen LogP contribution is 2.20. The first-order valence-corrected chi connectivity index (χ1v) is 11.7. The van der Waals surface area contributed by atoms with Gasteiger partial charge in [-0.05, 0) is 30.5 Å². The molecule has 1 fully saturated rings. The lowest BCUT2D eigenvalue weighted by Crippen LogP contribution is -2.56. The van der Waals surface area contributed by atoms with E-state index in [4.69, 9.17) is 16.8 Å². The van der Waals surface area contributed by atoms with E-state index in [1.807, 2.05) is 35.2 Å². The Labute approximate surface area is 187 Å². The number of hydrogen-bond donors (Lipinski definition) is 2. The van der Waals surface area contributed by atoms with E-state index in [1.54, 1.807) is 23.8 Å². The van der Waals surface area contributed by atoms with Gasteiger partial charge in [0.2, 0.25) is 0 Å². The average molecular weight is 468 g/mol. The number of likely N-dealkylation sites (N-methyl/N-ethyl adjacent to an activating group) is 1. The van der Waals surface area contributed by atoms with E-state index in [2.05, 4.69) is 4.98 Å². The van der Waals surface area contributed by atoms with E-state index in [0.29, 0.717) is 24.5 Å². The van der Waals surface area contributed by atoms with E-state index >= 15 is 0 Å². The van der Waals surface area contributed by atoms with Crippen molar-refractivity contribution < 1.29 is 18.4 Å². The molecule has 1 saturated heterocycles. The maximum atomic E-state index is 13.2. The van der Waals surface area contributed by atoms with Gasteiger partial charge in [0.05, 0.1) is 5.02 Å². The lowest BCUT2D eigenvalue weighted by molar-refractivity contribution is -0.133. The minimum atomic E-state index is -3.91. The molecule has 3 rings (SSSR count). The van der Waals surface area contributed by atoms with Gasteiger partial charge >= 0.3 is 0 Å². The highest BCUT2D eigenvalue weighted by atomic mass is 35.5. The Bertz CT molecular complexity index is 967. The molecular weight excluding hydrogens is 442 g/mol. The summed E-state index contributed by atoms with van der Waals surface area (Å²) in [6.07, 6.45) is 2.29. The summed E-state index contributed by atoms with van der Waals surface area (Å²) in [5.74, 6) is -0.0267. The van der Waals surface area contributed by atoms with Gasteiger partial charge in [0.15, 0.2) is 0 Å². The molecule has 1 amide bonds. The molecule has 2 N–H and O–H groups in total. The normalized spacial score (nSPS) is 16.3. The molecule has 9 nitrogen and oxygen atoms in total. The number of hydrogen-bond acceptors (Lipinski definition) is 6. The predicted molar refractivity (Wildman–Crippen MR) is 118 cm³/mol. The van der Waals surface area contributed by atoms with Gasteiger partial charge in [0.1, 0.15) is 11.9 Å². The molecule has 0 bridgehead atoms. The zero-order valence-electron chi connectivity index (χ0n) is 17.2. The number of nitrogens with one attached hydrogen (secondary N) is 1. The molecule has 1 aliphatic rings. The van der Waals surface area contributed by atoms with Crippen LogP contribution in [0.4, 0.5) is 5.82 Å². The van der Waals surface area contributed by atoms with Crippen LogP contribution >= 0.6 is 11.6 Å². The smallest absolute Gasteiger partial charge is 0.282 e. The fourth-order valence-corrected chi connectivity index (χ4v) is 5.17. The summed E-state index contributed by atoms with van der Waals surface area (Å²) in [7, 11) is -2.54. The van der Waals surface area contributed by atoms with Crippen LogP contribution in [-0.2, 0) is 21.4 Å². The molecule has 1 aliphatic heterocycles. The first-order valence-electron chi connectivity index (χ1n) is 9.90. The van der Waals surface area contributed by atoms with Gasteiger partial charge in [-0.3, -0.25) is 10.0 Å². The second-order valence-electron chi connectivity index (χ2n) is 7.26. The Hall–Kier alpha value is -2.24. The number of halogens is 1. The van der Waals surface area contributed by atoms with Crippen molar-refractivity contribution in [1.29, 1.82) is 0 Å². The molecule has 2 heterocycles. The summed E-state index contributed by atoms with van der Waals surface area (Å²) in [4.78, 5) is 18.5. The van der Waals surface area contributed by atoms with E-state index in [1.165, 1.54) is 11.4 Å². The number of carbonyl (C=O) groups excluding carboxylic acids is 1. The molecule has 1 aromatic heterocycles. The summed E-state index contributed by atoms with van der Waals surface area (Å²) < 4.78 is 28.8. The Kier molecular flexibility index (Phi) is 7.84. The van der Waals surface area contributed by atoms with Crippen LogP contribution in [0.3, 0.4) is 0 Å². The zero-order valence-corrected chi connectivity index (χ0v) is 18.8. The van der Waals surface area contributed by atoms with Crippen LogP contribution in [-0.4, -0.2) is 72.4 Å². The van der Waals surface area contributed by atoms with Crippen molar-refractivity contribution in [2.45, 2.75) is 18.9 Å². The molecule has 1 aromatic carbocycles. The van der Waals surface area contributed by atoms with Crippen molar-refractivity contribution in [2.75, 3.05) is 38.1 Å². The quantitative estimate of drug-likeness (QED) is 0.450. The Balaban J connectivity index is 1.66. The topological polar surface area (TPSA) is 106 Å². The first kappa shape index (κ1) is 23.4. The third-order valence-electron chi connectivity index (χ3n) is 5.37. The number of nitrogens with zero attached hydrogens (tertiary/aromatic N) is 4. The minimum Gasteiger partial charge on any atom is -0.354 e. The van der Waals surface area contributed by atoms with Gasteiger partial charge in [-0.25, -0.2) is 10.5 Å². The Morgan fingerprint density at radius 2 is 1.87 bits per heavy atom. The first-order chi connectivity index (χ1) is 14.8. The van der Waals surface area contributed by atoms with Crippen molar-refractivity contribution in [1.82, 2.24) is 19.1 Å². The number of rotatable bonds is 8. The number of aryl methyl sites for hydroxylation is 1. The van der Waals surface area contributed by atoms with Gasteiger partial charge < -0.3 is 4.90 Å². The molecule has 0 saturated carbocycles. The van der Waals surface area contributed by atoms with Crippen molar-refractivity contribution in [3.8, 4) is 0 Å². The van der Waals surface area contributed by atoms with Crippen molar-refractivity contribution >= 4 is 33.5 Å². The summed E-state index contributed by atoms with van der Waals surface area (Å²) in [6, 6.07) is 12.0. The highest BCUT2D eigenvalue weighted by Gasteiger charge is 2.37.